The summed E-state index contributed by atoms with van der Waals surface area (Å²) in [6.45, 7) is 0.766. The molecule has 0 amide bonds. The molecule has 0 unspecified atom stereocenters. The maximum atomic E-state index is 10.2. The summed E-state index contributed by atoms with van der Waals surface area (Å²) in [4.78, 5) is 9.75. The van der Waals surface area contributed by atoms with E-state index in [-0.39, 0.29) is 5.69 Å². The molecule has 5 heteroatoms. The van der Waals surface area contributed by atoms with Crippen LogP contribution < -0.4 is 4.74 Å². The minimum absolute atomic E-state index is 0.145. The lowest BCUT2D eigenvalue weighted by Crippen LogP contribution is -1.86. The molecule has 0 atom stereocenters. The molecule has 1 heterocycles. The van der Waals surface area contributed by atoms with Gasteiger partial charge in [-0.2, -0.15) is 0 Å². The van der Waals surface area contributed by atoms with Gasteiger partial charge in [0.15, 0.2) is 0 Å². The van der Waals surface area contributed by atoms with E-state index in [9.17, 15) is 10.1 Å². The zero-order valence-corrected chi connectivity index (χ0v) is 11.5. The van der Waals surface area contributed by atoms with Gasteiger partial charge in [-0.1, -0.05) is 18.2 Å². The van der Waals surface area contributed by atoms with Crippen LogP contribution in [0.15, 0.2) is 48.5 Å². The second-order valence-electron chi connectivity index (χ2n) is 3.67. The van der Waals surface area contributed by atoms with Crippen molar-refractivity contribution < 1.29 is 9.66 Å². The summed E-state index contributed by atoms with van der Waals surface area (Å²) < 4.78 is 6.06. The van der Waals surface area contributed by atoms with Gasteiger partial charge in [-0.25, -0.2) is 0 Å². The van der Waals surface area contributed by atoms with Gasteiger partial charge in [0.05, 0.1) is 4.92 Å². The van der Waals surface area contributed by atoms with E-state index in [1.165, 1.54) is 17.7 Å². The smallest absolute Gasteiger partial charge is 0.270 e. The molecule has 3 rings (SSSR count). The van der Waals surface area contributed by atoms with Crippen LogP contribution in [-0.2, 0) is 6.61 Å². The fourth-order valence-electron chi connectivity index (χ4n) is 1.48. The molecule has 92 valence electrons. The van der Waals surface area contributed by atoms with Crippen LogP contribution in [0.2, 0.25) is 0 Å². The van der Waals surface area contributed by atoms with Crippen molar-refractivity contribution in [3.05, 3.63) is 67.8 Å². The predicted octanol–water partition coefficient (Wildman–Crippen LogP) is 3.78. The summed E-state index contributed by atoms with van der Waals surface area (Å²) in [5.41, 5.74) is 1.43. The summed E-state index contributed by atoms with van der Waals surface area (Å²) >= 11 is 2.03. The number of non-ortho nitro benzene ring substituents is 1. The number of fused-ring (bicyclic) bond motifs is 2. The average Bonchev–Trinajstić information content (AvgIpc) is 2.69. The largest absolute Gasteiger partial charge is 0.489 e. The van der Waals surface area contributed by atoms with Crippen LogP contribution in [0.4, 0.5) is 5.69 Å². The van der Waals surface area contributed by atoms with Crippen molar-refractivity contribution in [3.8, 4) is 5.75 Å². The Morgan fingerprint density at radius 3 is 2.50 bits per heavy atom. The highest BCUT2D eigenvalue weighted by atomic mass is 127. The molecule has 0 aliphatic carbocycles. The molecule has 0 spiro atoms. The van der Waals surface area contributed by atoms with Crippen molar-refractivity contribution >= 4 is 28.3 Å². The number of nitro groups is 1. The number of hydrogen-bond acceptors (Lipinski definition) is 3. The van der Waals surface area contributed by atoms with Crippen molar-refractivity contribution in [1.29, 1.82) is 0 Å². The molecule has 0 N–H and O–H groups in total. The van der Waals surface area contributed by atoms with E-state index in [1.807, 2.05) is 40.8 Å². The van der Waals surface area contributed by atoms with Gasteiger partial charge < -0.3 is 4.74 Å². The molecule has 2 aromatic rings. The van der Waals surface area contributed by atoms with Gasteiger partial charge in [0.25, 0.3) is 5.69 Å². The lowest BCUT2D eigenvalue weighted by Gasteiger charge is -1.89. The van der Waals surface area contributed by atoms with E-state index in [4.69, 9.17) is 4.74 Å². The number of ether oxygens (including phenoxy) is 1. The third kappa shape index (κ3) is 3.43. The molecule has 0 fully saturated rings. The molecule has 1 aliphatic heterocycles. The Labute approximate surface area is 118 Å². The van der Waals surface area contributed by atoms with Crippen molar-refractivity contribution in [2.24, 2.45) is 0 Å². The Hall–Kier alpha value is -1.63. The molecular formula is C13H10INO3. The number of nitrogens with zero attached hydrogens (tertiary/aromatic N) is 1. The highest BCUT2D eigenvalue weighted by molar-refractivity contribution is 14.1. The van der Waals surface area contributed by atoms with Crippen LogP contribution in [0.25, 0.3) is 0 Å². The van der Waals surface area contributed by atoms with Crippen molar-refractivity contribution in [2.75, 3.05) is 0 Å². The van der Waals surface area contributed by atoms with Crippen molar-refractivity contribution in [2.45, 2.75) is 6.61 Å². The maximum absolute atomic E-state index is 10.2. The minimum Gasteiger partial charge on any atom is -0.489 e. The van der Waals surface area contributed by atoms with E-state index >= 15 is 0 Å². The fourth-order valence-corrected chi connectivity index (χ4v) is 2.01. The first-order valence-electron chi connectivity index (χ1n) is 5.27. The van der Waals surface area contributed by atoms with Crippen LogP contribution in [-0.4, -0.2) is 4.92 Å². The first kappa shape index (κ1) is 12.8. The van der Waals surface area contributed by atoms with E-state index in [0.29, 0.717) is 0 Å². The highest BCUT2D eigenvalue weighted by Gasteiger charge is 2.03. The SMILES string of the molecule is O=[N+]([O-])c1cccc(I)c1.c1cc2cc(c1)OC2. The molecule has 0 radical (unpaired) electrons. The van der Waals surface area contributed by atoms with Crippen LogP contribution in [0.5, 0.6) is 5.75 Å². The van der Waals surface area contributed by atoms with Crippen LogP contribution in [0, 0.1) is 13.7 Å². The zero-order chi connectivity index (χ0) is 13.0. The molecule has 0 saturated carbocycles. The van der Waals surface area contributed by atoms with Gasteiger partial charge in [-0.15, -0.1) is 0 Å². The topological polar surface area (TPSA) is 52.4 Å². The maximum Gasteiger partial charge on any atom is 0.270 e. The van der Waals surface area contributed by atoms with E-state index in [1.54, 1.807) is 6.07 Å². The summed E-state index contributed by atoms with van der Waals surface area (Å²) in [5, 5.41) is 10.2. The lowest BCUT2D eigenvalue weighted by molar-refractivity contribution is -0.384. The Balaban J connectivity index is 0.000000136. The number of nitro benzene ring substituents is 1. The third-order valence-electron chi connectivity index (χ3n) is 2.32. The summed E-state index contributed by atoms with van der Waals surface area (Å²) in [7, 11) is 0. The molecule has 1 aliphatic rings. The molecule has 0 saturated heterocycles. The molecule has 2 bridgehead atoms. The van der Waals surface area contributed by atoms with Gasteiger partial charge >= 0.3 is 0 Å². The van der Waals surface area contributed by atoms with Crippen LogP contribution >= 0.6 is 22.6 Å². The summed E-state index contributed by atoms with van der Waals surface area (Å²) in [6, 6.07) is 14.6. The second kappa shape index (κ2) is 5.81. The first-order chi connectivity index (χ1) is 8.65. The number of benzene rings is 2. The van der Waals surface area contributed by atoms with Crippen LogP contribution in [0.3, 0.4) is 0 Å². The average molecular weight is 355 g/mol. The standard InChI is InChI=1S/C7H6O.C6H4INO2/c1-2-6-4-7(3-1)8-5-6;7-5-2-1-3-6(4-5)8(9)10/h1-4H,5H2;1-4H. The number of hydrogen-bond donors (Lipinski definition) is 0. The van der Waals surface area contributed by atoms with E-state index in [2.05, 4.69) is 12.1 Å². The number of halogens is 1. The molecule has 0 aromatic heterocycles. The minimum atomic E-state index is -0.401. The summed E-state index contributed by atoms with van der Waals surface area (Å²) in [5.74, 6) is 1.00. The van der Waals surface area contributed by atoms with Gasteiger partial charge in [-0.05, 0) is 46.4 Å². The van der Waals surface area contributed by atoms with E-state index < -0.39 is 4.92 Å². The molecule has 2 aromatic carbocycles. The highest BCUT2D eigenvalue weighted by Crippen LogP contribution is 2.20. The van der Waals surface area contributed by atoms with E-state index in [0.717, 1.165) is 15.9 Å². The first-order valence-corrected chi connectivity index (χ1v) is 6.35. The molecule has 4 nitrogen and oxygen atoms in total. The Bertz CT molecular complexity index is 552. The normalized spacial score (nSPS) is 11.2. The van der Waals surface area contributed by atoms with Gasteiger partial charge in [0, 0.05) is 15.7 Å². The predicted molar refractivity (Wildman–Crippen MR) is 76.6 cm³/mol. The fraction of sp³-hybridized carbons (Fsp3) is 0.0769. The van der Waals surface area contributed by atoms with Crippen molar-refractivity contribution in [3.63, 3.8) is 0 Å². The second-order valence-corrected chi connectivity index (χ2v) is 4.92. The monoisotopic (exact) mass is 355 g/mol. The van der Waals surface area contributed by atoms with Gasteiger partial charge in [-0.3, -0.25) is 10.1 Å². The Morgan fingerprint density at radius 1 is 1.17 bits per heavy atom. The quantitative estimate of drug-likeness (QED) is 0.445. The van der Waals surface area contributed by atoms with Crippen molar-refractivity contribution in [1.82, 2.24) is 0 Å². The lowest BCUT2D eigenvalue weighted by atomic mass is 10.2. The summed E-state index contributed by atoms with van der Waals surface area (Å²) in [6.07, 6.45) is 0. The number of rotatable bonds is 1. The molecular weight excluding hydrogens is 345 g/mol. The zero-order valence-electron chi connectivity index (χ0n) is 9.38. The third-order valence-corrected chi connectivity index (χ3v) is 2.99. The van der Waals surface area contributed by atoms with Gasteiger partial charge in [0.1, 0.15) is 12.4 Å². The van der Waals surface area contributed by atoms with Gasteiger partial charge in [0.2, 0.25) is 0 Å². The van der Waals surface area contributed by atoms with Crippen LogP contribution in [0.1, 0.15) is 5.56 Å². The Morgan fingerprint density at radius 2 is 1.94 bits per heavy atom. The molecule has 18 heavy (non-hydrogen) atoms. The Kier molecular flexibility index (Phi) is 4.14.